The lowest BCUT2D eigenvalue weighted by molar-refractivity contribution is 0.877. The molecule has 0 aliphatic carbocycles. The van der Waals surface area contributed by atoms with Gasteiger partial charge in [-0.05, 0) is 35.4 Å². The van der Waals surface area contributed by atoms with Crippen LogP contribution in [0.1, 0.15) is 16.8 Å². The molecule has 24 heavy (non-hydrogen) atoms. The lowest BCUT2D eigenvalue weighted by Crippen LogP contribution is -2.18. The summed E-state index contributed by atoms with van der Waals surface area (Å²) in [7, 11) is 2.05. The monoisotopic (exact) mass is 316 g/mol. The zero-order chi connectivity index (χ0) is 16.6. The van der Waals surface area contributed by atoms with Crippen LogP contribution in [-0.4, -0.2) is 23.2 Å². The van der Waals surface area contributed by atoms with Crippen molar-refractivity contribution in [3.8, 4) is 0 Å². The molecule has 0 saturated heterocycles. The van der Waals surface area contributed by atoms with Gasteiger partial charge in [0.1, 0.15) is 5.82 Å². The molecule has 0 bridgehead atoms. The molecule has 4 heteroatoms. The summed E-state index contributed by atoms with van der Waals surface area (Å²) in [6.45, 7) is 1.44. The molecule has 3 rings (SSSR count). The van der Waals surface area contributed by atoms with Crippen molar-refractivity contribution >= 4 is 12.0 Å². The van der Waals surface area contributed by atoms with Gasteiger partial charge in [-0.1, -0.05) is 36.4 Å². The van der Waals surface area contributed by atoms with Crippen molar-refractivity contribution in [3.63, 3.8) is 0 Å². The Morgan fingerprint density at radius 1 is 0.875 bits per heavy atom. The fraction of sp³-hybridized carbons (Fsp3) is 0.150. The summed E-state index contributed by atoms with van der Waals surface area (Å²) in [5.74, 6) is 0.962. The van der Waals surface area contributed by atoms with Crippen molar-refractivity contribution in [2.75, 3.05) is 11.9 Å². The summed E-state index contributed by atoms with van der Waals surface area (Å²) in [5, 5.41) is 0. The largest absolute Gasteiger partial charge is 0.355 e. The first-order valence-electron chi connectivity index (χ1n) is 7.93. The summed E-state index contributed by atoms with van der Waals surface area (Å²) in [5.41, 5.74) is 3.34. The highest BCUT2D eigenvalue weighted by Crippen LogP contribution is 2.16. The SMILES string of the molecule is CN(Cc1ccccc1CN=Cc1ccccn1)c1ccccn1. The maximum absolute atomic E-state index is 4.53. The van der Waals surface area contributed by atoms with E-state index in [1.54, 1.807) is 6.20 Å². The number of nitrogens with zero attached hydrogens (tertiary/aromatic N) is 4. The van der Waals surface area contributed by atoms with Gasteiger partial charge in [0, 0.05) is 32.2 Å². The minimum Gasteiger partial charge on any atom is -0.355 e. The van der Waals surface area contributed by atoms with Crippen LogP contribution in [0.5, 0.6) is 0 Å². The Kier molecular flexibility index (Phi) is 5.30. The van der Waals surface area contributed by atoms with Crippen LogP contribution < -0.4 is 4.90 Å². The van der Waals surface area contributed by atoms with E-state index in [1.807, 2.05) is 48.8 Å². The lowest BCUT2D eigenvalue weighted by Gasteiger charge is -2.19. The molecule has 0 fully saturated rings. The van der Waals surface area contributed by atoms with Crippen LogP contribution in [0.3, 0.4) is 0 Å². The quantitative estimate of drug-likeness (QED) is 0.651. The summed E-state index contributed by atoms with van der Waals surface area (Å²) in [4.78, 5) is 15.3. The number of aromatic nitrogens is 2. The highest BCUT2D eigenvalue weighted by molar-refractivity contribution is 5.76. The number of aliphatic imine (C=N–C) groups is 1. The fourth-order valence-electron chi connectivity index (χ4n) is 2.47. The molecule has 0 atom stereocenters. The van der Waals surface area contributed by atoms with E-state index in [0.717, 1.165) is 18.1 Å². The van der Waals surface area contributed by atoms with E-state index in [0.29, 0.717) is 6.54 Å². The first kappa shape index (κ1) is 15.9. The molecule has 0 saturated carbocycles. The van der Waals surface area contributed by atoms with Gasteiger partial charge < -0.3 is 4.90 Å². The van der Waals surface area contributed by atoms with Gasteiger partial charge in [0.15, 0.2) is 0 Å². The molecule has 120 valence electrons. The van der Waals surface area contributed by atoms with Crippen LogP contribution in [0, 0.1) is 0 Å². The van der Waals surface area contributed by atoms with E-state index < -0.39 is 0 Å². The minimum absolute atomic E-state index is 0.642. The molecule has 4 nitrogen and oxygen atoms in total. The third-order valence-corrected chi connectivity index (χ3v) is 3.74. The number of anilines is 1. The Balaban J connectivity index is 1.70. The molecular weight excluding hydrogens is 296 g/mol. The van der Waals surface area contributed by atoms with E-state index in [9.17, 15) is 0 Å². The van der Waals surface area contributed by atoms with Gasteiger partial charge in [0.25, 0.3) is 0 Å². The van der Waals surface area contributed by atoms with Crippen LogP contribution in [0.2, 0.25) is 0 Å². The standard InChI is InChI=1S/C20H20N4/c1-24(20-11-5-7-13-23-20)16-18-9-3-2-8-17(18)14-21-15-19-10-4-6-12-22-19/h2-13,15H,14,16H2,1H3. The fourth-order valence-corrected chi connectivity index (χ4v) is 2.47. The van der Waals surface area contributed by atoms with E-state index in [-0.39, 0.29) is 0 Å². The van der Waals surface area contributed by atoms with Crippen molar-refractivity contribution < 1.29 is 0 Å². The van der Waals surface area contributed by atoms with E-state index in [4.69, 9.17) is 0 Å². The first-order chi connectivity index (χ1) is 11.8. The van der Waals surface area contributed by atoms with Crippen LogP contribution in [-0.2, 0) is 13.1 Å². The predicted octanol–water partition coefficient (Wildman–Crippen LogP) is 3.73. The number of rotatable bonds is 6. The molecule has 0 aliphatic heterocycles. The normalized spacial score (nSPS) is 10.9. The van der Waals surface area contributed by atoms with Gasteiger partial charge in [-0.25, -0.2) is 4.98 Å². The molecule has 0 unspecified atom stereocenters. The maximum Gasteiger partial charge on any atom is 0.128 e. The first-order valence-corrected chi connectivity index (χ1v) is 7.93. The lowest BCUT2D eigenvalue weighted by atomic mass is 10.1. The van der Waals surface area contributed by atoms with Crippen molar-refractivity contribution in [1.29, 1.82) is 0 Å². The van der Waals surface area contributed by atoms with E-state index in [1.165, 1.54) is 11.1 Å². The van der Waals surface area contributed by atoms with Gasteiger partial charge in [-0.3, -0.25) is 9.98 Å². The summed E-state index contributed by atoms with van der Waals surface area (Å²) < 4.78 is 0. The van der Waals surface area contributed by atoms with Gasteiger partial charge in [0.05, 0.1) is 12.2 Å². The van der Waals surface area contributed by atoms with Gasteiger partial charge in [0.2, 0.25) is 0 Å². The Hall–Kier alpha value is -3.01. The Morgan fingerprint density at radius 3 is 2.29 bits per heavy atom. The third-order valence-electron chi connectivity index (χ3n) is 3.74. The van der Waals surface area contributed by atoms with Crippen molar-refractivity contribution in [2.45, 2.75) is 13.1 Å². The second kappa shape index (κ2) is 8.02. The van der Waals surface area contributed by atoms with E-state index in [2.05, 4.69) is 51.2 Å². The number of benzene rings is 1. The molecule has 1 aromatic carbocycles. The topological polar surface area (TPSA) is 41.4 Å². The molecule has 3 aromatic rings. The summed E-state index contributed by atoms with van der Waals surface area (Å²) in [6, 6.07) is 20.1. The van der Waals surface area contributed by atoms with Gasteiger partial charge in [-0.15, -0.1) is 0 Å². The smallest absolute Gasteiger partial charge is 0.128 e. The molecule has 0 radical (unpaired) electrons. The molecule has 0 amide bonds. The second-order valence-electron chi connectivity index (χ2n) is 5.54. The summed E-state index contributed by atoms with van der Waals surface area (Å²) in [6.07, 6.45) is 5.41. The molecule has 2 heterocycles. The van der Waals surface area contributed by atoms with Crippen molar-refractivity contribution in [1.82, 2.24) is 9.97 Å². The molecule has 2 aromatic heterocycles. The molecule has 0 N–H and O–H groups in total. The van der Waals surface area contributed by atoms with Crippen LogP contribution in [0.15, 0.2) is 78.0 Å². The van der Waals surface area contributed by atoms with Crippen LogP contribution in [0.4, 0.5) is 5.82 Å². The summed E-state index contributed by atoms with van der Waals surface area (Å²) >= 11 is 0. The minimum atomic E-state index is 0.642. The second-order valence-corrected chi connectivity index (χ2v) is 5.54. The highest BCUT2D eigenvalue weighted by atomic mass is 15.2. The van der Waals surface area contributed by atoms with E-state index >= 15 is 0 Å². The molecular formula is C20H20N4. The Bertz CT molecular complexity index is 785. The van der Waals surface area contributed by atoms with Gasteiger partial charge >= 0.3 is 0 Å². The predicted molar refractivity (Wildman–Crippen MR) is 98.3 cm³/mol. The molecule has 0 aliphatic rings. The van der Waals surface area contributed by atoms with Crippen LogP contribution >= 0.6 is 0 Å². The number of hydrogen-bond acceptors (Lipinski definition) is 4. The van der Waals surface area contributed by atoms with Crippen molar-refractivity contribution in [2.24, 2.45) is 4.99 Å². The average molecular weight is 316 g/mol. The third kappa shape index (κ3) is 4.26. The zero-order valence-corrected chi connectivity index (χ0v) is 13.7. The van der Waals surface area contributed by atoms with Crippen LogP contribution in [0.25, 0.3) is 0 Å². The average Bonchev–Trinajstić information content (AvgIpc) is 2.65. The Labute approximate surface area is 142 Å². The number of pyridine rings is 2. The van der Waals surface area contributed by atoms with Gasteiger partial charge in [-0.2, -0.15) is 0 Å². The zero-order valence-electron chi connectivity index (χ0n) is 13.7. The Morgan fingerprint density at radius 2 is 1.58 bits per heavy atom. The maximum atomic E-state index is 4.53. The molecule has 0 spiro atoms. The van der Waals surface area contributed by atoms with Crippen molar-refractivity contribution in [3.05, 3.63) is 89.9 Å². The number of hydrogen-bond donors (Lipinski definition) is 0. The highest BCUT2D eigenvalue weighted by Gasteiger charge is 2.06.